The first kappa shape index (κ1) is 18.8. The summed E-state index contributed by atoms with van der Waals surface area (Å²) in [5.41, 5.74) is 2.44. The summed E-state index contributed by atoms with van der Waals surface area (Å²) >= 11 is 3.66. The topological polar surface area (TPSA) is 30.5 Å². The van der Waals surface area contributed by atoms with Crippen LogP contribution in [0.2, 0.25) is 0 Å². The van der Waals surface area contributed by atoms with Crippen LogP contribution in [0.15, 0.2) is 46.9 Å². The Labute approximate surface area is 153 Å². The molecule has 130 valence electrons. The van der Waals surface area contributed by atoms with Crippen molar-refractivity contribution in [1.82, 2.24) is 5.32 Å². The summed E-state index contributed by atoms with van der Waals surface area (Å²) in [5, 5.41) is 3.56. The van der Waals surface area contributed by atoms with Gasteiger partial charge in [0.1, 0.15) is 0 Å². The second kappa shape index (κ2) is 9.70. The van der Waals surface area contributed by atoms with Crippen LogP contribution in [0.5, 0.6) is 11.5 Å². The highest BCUT2D eigenvalue weighted by Gasteiger charge is 2.12. The van der Waals surface area contributed by atoms with Crippen LogP contribution in [0.25, 0.3) is 0 Å². The monoisotopic (exact) mass is 391 g/mol. The Morgan fingerprint density at radius 2 is 1.75 bits per heavy atom. The lowest BCUT2D eigenvalue weighted by Gasteiger charge is -2.17. The Morgan fingerprint density at radius 3 is 2.42 bits per heavy atom. The SMILES string of the molecule is CCCOc1cc(Br)c(CN[C@@H](C)c2ccccc2)cc1OCC. The molecule has 2 aromatic rings. The van der Waals surface area contributed by atoms with Crippen LogP contribution < -0.4 is 14.8 Å². The van der Waals surface area contributed by atoms with E-state index in [-0.39, 0.29) is 6.04 Å². The number of ether oxygens (including phenoxy) is 2. The van der Waals surface area contributed by atoms with Gasteiger partial charge in [0, 0.05) is 17.1 Å². The van der Waals surface area contributed by atoms with Gasteiger partial charge in [-0.2, -0.15) is 0 Å². The van der Waals surface area contributed by atoms with Gasteiger partial charge < -0.3 is 14.8 Å². The van der Waals surface area contributed by atoms with Gasteiger partial charge in [0.2, 0.25) is 0 Å². The van der Waals surface area contributed by atoms with E-state index in [1.165, 1.54) is 5.56 Å². The maximum absolute atomic E-state index is 5.79. The maximum Gasteiger partial charge on any atom is 0.162 e. The van der Waals surface area contributed by atoms with E-state index in [0.29, 0.717) is 13.2 Å². The van der Waals surface area contributed by atoms with E-state index >= 15 is 0 Å². The average molecular weight is 392 g/mol. The molecule has 4 heteroatoms. The summed E-state index contributed by atoms with van der Waals surface area (Å²) in [6, 6.07) is 14.8. The number of halogens is 1. The van der Waals surface area contributed by atoms with Crippen molar-refractivity contribution >= 4 is 15.9 Å². The number of hydrogen-bond donors (Lipinski definition) is 1. The van der Waals surface area contributed by atoms with Crippen molar-refractivity contribution in [2.45, 2.75) is 39.8 Å². The Balaban J connectivity index is 2.10. The molecule has 0 aliphatic carbocycles. The highest BCUT2D eigenvalue weighted by atomic mass is 79.9. The lowest BCUT2D eigenvalue weighted by molar-refractivity contribution is 0.276. The van der Waals surface area contributed by atoms with Crippen LogP contribution in [0.1, 0.15) is 44.4 Å². The molecule has 0 bridgehead atoms. The predicted octanol–water partition coefficient (Wildman–Crippen LogP) is 5.49. The van der Waals surface area contributed by atoms with E-state index in [1.807, 2.05) is 19.1 Å². The molecule has 0 heterocycles. The lowest BCUT2D eigenvalue weighted by Crippen LogP contribution is -2.18. The Hall–Kier alpha value is -1.52. The van der Waals surface area contributed by atoms with Gasteiger partial charge in [0.05, 0.1) is 13.2 Å². The van der Waals surface area contributed by atoms with Gasteiger partial charge in [0.25, 0.3) is 0 Å². The first-order valence-corrected chi connectivity index (χ1v) is 9.31. The molecule has 24 heavy (non-hydrogen) atoms. The summed E-state index contributed by atoms with van der Waals surface area (Å²) in [6.45, 7) is 8.32. The zero-order valence-corrected chi connectivity index (χ0v) is 16.2. The molecule has 0 saturated carbocycles. The van der Waals surface area contributed by atoms with Crippen LogP contribution >= 0.6 is 15.9 Å². The number of rotatable bonds is 9. The third kappa shape index (κ3) is 5.25. The molecule has 0 radical (unpaired) electrons. The van der Waals surface area contributed by atoms with Crippen molar-refractivity contribution in [3.63, 3.8) is 0 Å². The number of nitrogens with one attached hydrogen (secondary N) is 1. The van der Waals surface area contributed by atoms with Crippen LogP contribution in [-0.2, 0) is 6.54 Å². The minimum absolute atomic E-state index is 0.282. The van der Waals surface area contributed by atoms with Gasteiger partial charge in [-0.3, -0.25) is 0 Å². The first-order valence-electron chi connectivity index (χ1n) is 8.52. The van der Waals surface area contributed by atoms with Crippen molar-refractivity contribution in [2.24, 2.45) is 0 Å². The zero-order valence-electron chi connectivity index (χ0n) is 14.6. The normalized spacial score (nSPS) is 12.0. The Morgan fingerprint density at radius 1 is 1.04 bits per heavy atom. The van der Waals surface area contributed by atoms with Gasteiger partial charge in [0.15, 0.2) is 11.5 Å². The Kier molecular flexibility index (Phi) is 7.60. The predicted molar refractivity (Wildman–Crippen MR) is 103 cm³/mol. The van der Waals surface area contributed by atoms with E-state index < -0.39 is 0 Å². The van der Waals surface area contributed by atoms with Gasteiger partial charge in [-0.1, -0.05) is 53.2 Å². The molecule has 2 rings (SSSR count). The minimum Gasteiger partial charge on any atom is -0.490 e. The molecule has 0 aliphatic heterocycles. The van der Waals surface area contributed by atoms with E-state index in [0.717, 1.165) is 34.5 Å². The summed E-state index contributed by atoms with van der Waals surface area (Å²) in [5.74, 6) is 1.60. The van der Waals surface area contributed by atoms with Crippen LogP contribution in [-0.4, -0.2) is 13.2 Å². The molecule has 0 fully saturated rings. The number of hydrogen-bond acceptors (Lipinski definition) is 3. The summed E-state index contributed by atoms with van der Waals surface area (Å²) in [7, 11) is 0. The quantitative estimate of drug-likeness (QED) is 0.612. The molecule has 1 atom stereocenters. The van der Waals surface area contributed by atoms with Crippen LogP contribution in [0.3, 0.4) is 0 Å². The molecule has 1 N–H and O–H groups in total. The molecule has 0 amide bonds. The second-order valence-electron chi connectivity index (χ2n) is 5.69. The fourth-order valence-electron chi connectivity index (χ4n) is 2.43. The van der Waals surface area contributed by atoms with Crippen LogP contribution in [0.4, 0.5) is 0 Å². The summed E-state index contributed by atoms with van der Waals surface area (Å²) < 4.78 is 12.6. The van der Waals surface area contributed by atoms with Gasteiger partial charge in [-0.15, -0.1) is 0 Å². The van der Waals surface area contributed by atoms with Crippen LogP contribution in [0, 0.1) is 0 Å². The largest absolute Gasteiger partial charge is 0.490 e. The third-order valence-electron chi connectivity index (χ3n) is 3.77. The summed E-state index contributed by atoms with van der Waals surface area (Å²) in [4.78, 5) is 0. The highest BCUT2D eigenvalue weighted by Crippen LogP contribution is 2.34. The molecule has 0 aromatic heterocycles. The molecule has 2 aromatic carbocycles. The molecule has 0 unspecified atom stereocenters. The zero-order chi connectivity index (χ0) is 17.4. The lowest BCUT2D eigenvalue weighted by atomic mass is 10.1. The number of benzene rings is 2. The fourth-order valence-corrected chi connectivity index (χ4v) is 2.89. The maximum atomic E-state index is 5.79. The standard InChI is InChI=1S/C20H26BrNO2/c1-4-11-24-20-13-18(21)17(12-19(20)23-5-2)14-22-15(3)16-9-7-6-8-10-16/h6-10,12-13,15,22H,4-5,11,14H2,1-3H3/t15-/m0/s1. The molecule has 3 nitrogen and oxygen atoms in total. The second-order valence-corrected chi connectivity index (χ2v) is 6.54. The van der Waals surface area contributed by atoms with Crippen molar-refractivity contribution in [3.8, 4) is 11.5 Å². The van der Waals surface area contributed by atoms with Crippen molar-refractivity contribution < 1.29 is 9.47 Å². The van der Waals surface area contributed by atoms with Gasteiger partial charge in [-0.05, 0) is 43.5 Å². The van der Waals surface area contributed by atoms with E-state index in [4.69, 9.17) is 9.47 Å². The van der Waals surface area contributed by atoms with E-state index in [2.05, 4.69) is 65.4 Å². The first-order chi connectivity index (χ1) is 11.7. The molecule has 0 aliphatic rings. The average Bonchev–Trinajstić information content (AvgIpc) is 2.61. The third-order valence-corrected chi connectivity index (χ3v) is 4.51. The molecule has 0 spiro atoms. The van der Waals surface area contributed by atoms with E-state index in [1.54, 1.807) is 0 Å². The van der Waals surface area contributed by atoms with Crippen molar-refractivity contribution in [3.05, 3.63) is 58.1 Å². The minimum atomic E-state index is 0.282. The van der Waals surface area contributed by atoms with Crippen molar-refractivity contribution in [1.29, 1.82) is 0 Å². The molecular weight excluding hydrogens is 366 g/mol. The highest BCUT2D eigenvalue weighted by molar-refractivity contribution is 9.10. The molecular formula is C20H26BrNO2. The van der Waals surface area contributed by atoms with E-state index in [9.17, 15) is 0 Å². The smallest absolute Gasteiger partial charge is 0.162 e. The fraction of sp³-hybridized carbons (Fsp3) is 0.400. The molecule has 0 saturated heterocycles. The van der Waals surface area contributed by atoms with Gasteiger partial charge >= 0.3 is 0 Å². The van der Waals surface area contributed by atoms with Gasteiger partial charge in [-0.25, -0.2) is 0 Å². The van der Waals surface area contributed by atoms with Crippen molar-refractivity contribution in [2.75, 3.05) is 13.2 Å². The Bertz CT molecular complexity index is 631. The summed E-state index contributed by atoms with van der Waals surface area (Å²) in [6.07, 6.45) is 0.973.